The van der Waals surface area contributed by atoms with Crippen LogP contribution in [0.15, 0.2) is 182 Å². The maximum Gasteiger partial charge on any atom is 0.325 e. The fourth-order valence-electron chi connectivity index (χ4n) is 10.9. The van der Waals surface area contributed by atoms with E-state index in [9.17, 15) is 38.4 Å². The molecule has 0 spiro atoms. The first-order chi connectivity index (χ1) is 45.2. The Balaban J connectivity index is 0.925. The lowest BCUT2D eigenvalue weighted by Gasteiger charge is -2.27. The molecule has 93 heavy (non-hydrogen) atoms. The Hall–Kier alpha value is -7.44. The molecule has 0 aliphatic carbocycles. The van der Waals surface area contributed by atoms with Crippen molar-refractivity contribution in [2.24, 2.45) is 11.5 Å². The van der Waals surface area contributed by atoms with Gasteiger partial charge in [-0.25, -0.2) is 0 Å². The first kappa shape index (κ1) is 74.6. The molecule has 6 aromatic rings. The van der Waals surface area contributed by atoms with E-state index >= 15 is 0 Å². The normalized spacial score (nSPS) is 12.6. The van der Waals surface area contributed by atoms with Gasteiger partial charge in [-0.1, -0.05) is 144 Å². The lowest BCUT2D eigenvalue weighted by Crippen LogP contribution is -2.50. The van der Waals surface area contributed by atoms with Crippen molar-refractivity contribution in [2.75, 3.05) is 63.7 Å². The van der Waals surface area contributed by atoms with Gasteiger partial charge in [0, 0.05) is 37.4 Å². The third-order valence-corrected chi connectivity index (χ3v) is 27.3. The molecule has 0 heterocycles. The molecule has 22 heteroatoms. The molecule has 4 unspecified atom stereocenters. The van der Waals surface area contributed by atoms with Crippen molar-refractivity contribution in [3.63, 3.8) is 0 Å². The highest BCUT2D eigenvalue weighted by atomic mass is 33.1. The number of amides is 6. The van der Waals surface area contributed by atoms with Crippen LogP contribution >= 0.6 is 36.1 Å². The van der Waals surface area contributed by atoms with Gasteiger partial charge in [0.2, 0.25) is 35.4 Å². The van der Waals surface area contributed by atoms with Crippen LogP contribution in [0.3, 0.4) is 0 Å². The highest BCUT2D eigenvalue weighted by Gasteiger charge is 2.46. The van der Waals surface area contributed by atoms with Gasteiger partial charge < -0.3 is 52.8 Å². The van der Waals surface area contributed by atoms with E-state index in [1.807, 2.05) is 0 Å². The monoisotopic (exact) mass is 1340 g/mol. The third-order valence-electron chi connectivity index (χ3n) is 15.9. The maximum atomic E-state index is 13.4. The number of methoxy groups -OCH3 is 1. The Kier molecular flexibility index (Phi) is 33.1. The summed E-state index contributed by atoms with van der Waals surface area (Å²) >= 11 is 0. The number of rotatable bonds is 42. The van der Waals surface area contributed by atoms with Crippen molar-refractivity contribution in [1.82, 2.24) is 31.9 Å². The third kappa shape index (κ3) is 24.1. The fourth-order valence-corrected chi connectivity index (χ4v) is 22.1. The van der Waals surface area contributed by atoms with Gasteiger partial charge in [-0.05, 0) is 131 Å². The van der Waals surface area contributed by atoms with E-state index < -0.39 is 99.2 Å². The van der Waals surface area contributed by atoms with Crippen LogP contribution in [0.5, 0.6) is 0 Å². The van der Waals surface area contributed by atoms with Crippen LogP contribution in [0.4, 0.5) is 0 Å². The molecule has 0 aliphatic heterocycles. The fraction of sp³-hybridized carbons (Fsp3) is 0.380. The molecule has 0 bridgehead atoms. The maximum absolute atomic E-state index is 13.4. The zero-order valence-corrected chi connectivity index (χ0v) is 56.8. The highest BCUT2D eigenvalue weighted by molar-refractivity contribution is 8.76. The summed E-state index contributed by atoms with van der Waals surface area (Å²) in [5, 5.41) is 24.1. The number of nitrogens with one attached hydrogen (secondary N) is 6. The van der Waals surface area contributed by atoms with Gasteiger partial charge >= 0.3 is 11.9 Å². The highest BCUT2D eigenvalue weighted by Crippen LogP contribution is 2.57. The summed E-state index contributed by atoms with van der Waals surface area (Å²) in [4.78, 5) is 104. The zero-order chi connectivity index (χ0) is 66.5. The van der Waals surface area contributed by atoms with Crippen molar-refractivity contribution < 1.29 is 47.8 Å². The minimum Gasteiger partial charge on any atom is -0.468 e. The first-order valence-corrected chi connectivity index (χ1v) is 38.4. The Bertz CT molecular complexity index is 3050. The van der Waals surface area contributed by atoms with Crippen molar-refractivity contribution in [2.45, 2.75) is 108 Å². The van der Waals surface area contributed by atoms with Gasteiger partial charge in [0.25, 0.3) is 0 Å². The molecule has 0 saturated heterocycles. The van der Waals surface area contributed by atoms with Gasteiger partial charge in [0.15, 0.2) is 0 Å². The molecule has 6 aromatic carbocycles. The number of carbonyl (C=O) groups is 8. The van der Waals surface area contributed by atoms with E-state index in [0.717, 1.165) is 85.3 Å². The number of unbranched alkanes of at least 4 members (excludes halogenated alkanes) is 6. The molecule has 10 N–H and O–H groups in total. The van der Waals surface area contributed by atoms with Crippen LogP contribution in [0.2, 0.25) is 0 Å². The molecule has 18 nitrogen and oxygen atoms in total. The second-order valence-corrected chi connectivity index (χ2v) is 32.2. The lowest BCUT2D eigenvalue weighted by molar-refractivity contribution is -0.143. The van der Waals surface area contributed by atoms with Crippen molar-refractivity contribution in [1.29, 1.82) is 0 Å². The largest absolute Gasteiger partial charge is 0.468 e. The van der Waals surface area contributed by atoms with E-state index in [4.69, 9.17) is 16.2 Å². The van der Waals surface area contributed by atoms with Crippen LogP contribution in [0.25, 0.3) is 0 Å². The molecule has 0 saturated carbocycles. The number of esters is 2. The quantitative estimate of drug-likeness (QED) is 0.00965. The molecule has 4 atom stereocenters. The average Bonchev–Trinajstić information content (AvgIpc) is 0.795. The predicted molar refractivity (Wildman–Crippen MR) is 381 cm³/mol. The van der Waals surface area contributed by atoms with E-state index in [1.165, 1.54) is 38.9 Å². The minimum atomic E-state index is -1.94. The Morgan fingerprint density at radius 2 is 0.710 bits per heavy atom. The van der Waals surface area contributed by atoms with Gasteiger partial charge in [0.05, 0.1) is 38.1 Å². The Morgan fingerprint density at radius 1 is 0.409 bits per heavy atom. The molecule has 0 aliphatic rings. The van der Waals surface area contributed by atoms with E-state index in [2.05, 4.69) is 219 Å². The zero-order valence-electron chi connectivity index (χ0n) is 53.4. The van der Waals surface area contributed by atoms with Crippen molar-refractivity contribution in [3.05, 3.63) is 182 Å². The van der Waals surface area contributed by atoms with Crippen molar-refractivity contribution >= 4 is 115 Å². The topological polar surface area (TPSA) is 279 Å². The Labute approximate surface area is 557 Å². The van der Waals surface area contributed by atoms with E-state index in [-0.39, 0.29) is 43.8 Å². The van der Waals surface area contributed by atoms with E-state index in [0.29, 0.717) is 13.1 Å². The van der Waals surface area contributed by atoms with Gasteiger partial charge in [-0.15, -0.1) is 0 Å². The number of ether oxygens (including phenoxy) is 2. The molecule has 6 amide bonds. The average molecular weight is 1340 g/mol. The first-order valence-electron chi connectivity index (χ1n) is 32.0. The summed E-state index contributed by atoms with van der Waals surface area (Å²) in [6.45, 7) is 1.63. The van der Waals surface area contributed by atoms with Crippen LogP contribution in [0, 0.1) is 0 Å². The summed E-state index contributed by atoms with van der Waals surface area (Å²) in [6.07, 6.45) is 8.82. The SMILES string of the molecule is CCOC(=O)CNC(=O)C(CSSCC(NC(=O)CCC(N)C(=O)NCCCCCC[P+](c1ccccc1)(c1ccccc1)c1ccccc1)C(=O)NCC(=O)OC)NC(=O)CCC(N)C(=O)NCCCCCC[P+](c1ccccc1)(c1ccccc1)c1ccccc1. The van der Waals surface area contributed by atoms with E-state index in [1.54, 1.807) is 6.92 Å². The number of carbonyl (C=O) groups excluding carboxylic acids is 8. The summed E-state index contributed by atoms with van der Waals surface area (Å²) in [6, 6.07) is 60.2. The Morgan fingerprint density at radius 3 is 1.01 bits per heavy atom. The molecule has 496 valence electrons. The van der Waals surface area contributed by atoms with Crippen LogP contribution in [0.1, 0.15) is 84.0 Å². The summed E-state index contributed by atoms with van der Waals surface area (Å²) in [5.74, 6) is -4.84. The van der Waals surface area contributed by atoms with Crippen LogP contribution in [-0.4, -0.2) is 135 Å². The second-order valence-electron chi connectivity index (χ2n) is 22.4. The number of hydrogen-bond acceptors (Lipinski definition) is 14. The van der Waals surface area contributed by atoms with Crippen LogP contribution in [-0.2, 0) is 47.8 Å². The van der Waals surface area contributed by atoms with Gasteiger partial charge in [0.1, 0.15) is 71.5 Å². The standard InChI is InChI=1S/C71H90N8O10P2S2/c1-3-89-67(83)51-77-71(87)63(79-65(81)45-43-61(73)69(85)75-47-27-5-7-29-49-91(57-36-20-11-21-37-57,58-38-22-12-23-39-58)59-40-24-13-25-41-59)53-93-92-52-62(70(86)76-50-66(82)88-2)78-64(80)44-42-60(72)68(84)74-46-26-4-6-28-48-90(54-30-14-8-15-31-54,55-32-16-9-17-33-55)56-34-18-10-19-35-56/h8-25,30-41,60-63H,3-7,26-29,42-53,72-73H2,1-2H3,(H4-2,74,75,76,77,78,79,80,81,84,85,86,87)/p+2. The number of benzene rings is 6. The van der Waals surface area contributed by atoms with Gasteiger partial charge in [-0.2, -0.15) is 0 Å². The minimum absolute atomic E-state index is 0.0114. The smallest absolute Gasteiger partial charge is 0.325 e. The molecular weight excluding hydrogens is 1250 g/mol. The summed E-state index contributed by atoms with van der Waals surface area (Å²) in [7, 11) is -0.520. The summed E-state index contributed by atoms with van der Waals surface area (Å²) in [5.41, 5.74) is 12.5. The number of hydrogen-bond donors (Lipinski definition) is 8. The summed E-state index contributed by atoms with van der Waals surface area (Å²) < 4.78 is 9.62. The number of nitrogens with two attached hydrogens (primary N) is 2. The lowest BCUT2D eigenvalue weighted by atomic mass is 10.1. The molecule has 0 radical (unpaired) electrons. The molecule has 0 aromatic heterocycles. The molecule has 0 fully saturated rings. The second kappa shape index (κ2) is 41.3. The predicted octanol–water partition coefficient (Wildman–Crippen LogP) is 5.86. The van der Waals surface area contributed by atoms with Crippen molar-refractivity contribution in [3.8, 4) is 0 Å². The van der Waals surface area contributed by atoms with Crippen LogP contribution < -0.4 is 75.2 Å². The molecular formula is C71H92N8O10P2S2+2. The van der Waals surface area contributed by atoms with Gasteiger partial charge in [-0.3, -0.25) is 38.4 Å². The molecule has 6 rings (SSSR count).